The quantitative estimate of drug-likeness (QED) is 0.464. The van der Waals surface area contributed by atoms with Gasteiger partial charge in [0.2, 0.25) is 0 Å². The Morgan fingerprint density at radius 3 is 2.50 bits per heavy atom. The average molecular weight is 196 g/mol. The van der Waals surface area contributed by atoms with E-state index < -0.39 is 0 Å². The van der Waals surface area contributed by atoms with E-state index in [0.717, 1.165) is 12.8 Å². The predicted molar refractivity (Wildman–Crippen MR) is 62.3 cm³/mol. The highest BCUT2D eigenvalue weighted by atomic mass is 16.3. The molecule has 0 aromatic carbocycles. The molecule has 0 aliphatic heterocycles. The van der Waals surface area contributed by atoms with Gasteiger partial charge in [-0.05, 0) is 31.4 Å². The summed E-state index contributed by atoms with van der Waals surface area (Å²) in [4.78, 5) is 0. The van der Waals surface area contributed by atoms with Gasteiger partial charge in [0.05, 0.1) is 0 Å². The maximum absolute atomic E-state index is 9.07. The SMILES string of the molecule is CCCCC=C=CC(CO)CCCC. The molecule has 1 unspecified atom stereocenters. The van der Waals surface area contributed by atoms with Crippen molar-refractivity contribution < 1.29 is 5.11 Å². The summed E-state index contributed by atoms with van der Waals surface area (Å²) in [6, 6.07) is 0. The largest absolute Gasteiger partial charge is 0.396 e. The minimum Gasteiger partial charge on any atom is -0.396 e. The van der Waals surface area contributed by atoms with Crippen LogP contribution in [0.4, 0.5) is 0 Å². The Hall–Kier alpha value is -0.520. The van der Waals surface area contributed by atoms with Crippen LogP contribution in [-0.2, 0) is 0 Å². The van der Waals surface area contributed by atoms with Crippen LogP contribution in [0.1, 0.15) is 52.4 Å². The molecule has 0 amide bonds. The Morgan fingerprint density at radius 1 is 1.21 bits per heavy atom. The van der Waals surface area contributed by atoms with Gasteiger partial charge < -0.3 is 5.11 Å². The van der Waals surface area contributed by atoms with Crippen LogP contribution in [0.2, 0.25) is 0 Å². The summed E-state index contributed by atoms with van der Waals surface area (Å²) in [5.74, 6) is 0.313. The van der Waals surface area contributed by atoms with E-state index in [4.69, 9.17) is 5.11 Å². The first-order valence-electron chi connectivity index (χ1n) is 5.87. The van der Waals surface area contributed by atoms with Gasteiger partial charge in [0.25, 0.3) is 0 Å². The van der Waals surface area contributed by atoms with E-state index in [1.807, 2.05) is 6.08 Å². The Morgan fingerprint density at radius 2 is 1.93 bits per heavy atom. The molecule has 1 atom stereocenters. The zero-order valence-corrected chi connectivity index (χ0v) is 9.63. The number of unbranched alkanes of at least 4 members (excludes halogenated alkanes) is 3. The highest BCUT2D eigenvalue weighted by molar-refractivity contribution is 4.89. The molecular weight excluding hydrogens is 172 g/mol. The second-order valence-corrected chi connectivity index (χ2v) is 3.76. The normalized spacial score (nSPS) is 11.9. The second kappa shape index (κ2) is 10.6. The minimum absolute atomic E-state index is 0.259. The second-order valence-electron chi connectivity index (χ2n) is 3.76. The van der Waals surface area contributed by atoms with Crippen molar-refractivity contribution >= 4 is 0 Å². The third-order valence-electron chi connectivity index (χ3n) is 2.31. The first-order chi connectivity index (χ1) is 6.85. The van der Waals surface area contributed by atoms with Crippen LogP contribution >= 0.6 is 0 Å². The summed E-state index contributed by atoms with van der Waals surface area (Å²) >= 11 is 0. The molecule has 0 heterocycles. The molecular formula is C13H24O. The zero-order valence-electron chi connectivity index (χ0n) is 9.63. The number of aliphatic hydroxyl groups excluding tert-OH is 1. The van der Waals surface area contributed by atoms with E-state index >= 15 is 0 Å². The Labute approximate surface area is 88.5 Å². The van der Waals surface area contributed by atoms with Crippen molar-refractivity contribution in [3.63, 3.8) is 0 Å². The number of aliphatic hydroxyl groups is 1. The molecule has 0 aromatic rings. The van der Waals surface area contributed by atoms with Crippen LogP contribution in [0.25, 0.3) is 0 Å². The topological polar surface area (TPSA) is 20.2 Å². The van der Waals surface area contributed by atoms with Crippen molar-refractivity contribution in [3.05, 3.63) is 17.9 Å². The lowest BCUT2D eigenvalue weighted by molar-refractivity contribution is 0.244. The lowest BCUT2D eigenvalue weighted by atomic mass is 10.0. The molecule has 0 bridgehead atoms. The van der Waals surface area contributed by atoms with Gasteiger partial charge in [-0.1, -0.05) is 33.1 Å². The molecule has 1 nitrogen and oxygen atoms in total. The molecule has 1 heteroatoms. The molecule has 0 saturated carbocycles. The predicted octanol–water partition coefficient (Wildman–Crippen LogP) is 3.69. The fraction of sp³-hybridized carbons (Fsp3) is 0.769. The van der Waals surface area contributed by atoms with Crippen molar-refractivity contribution in [2.75, 3.05) is 6.61 Å². The molecule has 0 aromatic heterocycles. The number of hydrogen-bond donors (Lipinski definition) is 1. The summed E-state index contributed by atoms with van der Waals surface area (Å²) in [5, 5.41) is 9.07. The summed E-state index contributed by atoms with van der Waals surface area (Å²) < 4.78 is 0. The summed E-state index contributed by atoms with van der Waals surface area (Å²) in [7, 11) is 0. The molecule has 0 rings (SSSR count). The van der Waals surface area contributed by atoms with E-state index in [1.54, 1.807) is 0 Å². The van der Waals surface area contributed by atoms with Crippen LogP contribution in [-0.4, -0.2) is 11.7 Å². The summed E-state index contributed by atoms with van der Waals surface area (Å²) in [6.07, 6.45) is 11.2. The van der Waals surface area contributed by atoms with Crippen LogP contribution in [0, 0.1) is 5.92 Å². The van der Waals surface area contributed by atoms with Gasteiger partial charge in [-0.2, -0.15) is 0 Å². The maximum atomic E-state index is 9.07. The summed E-state index contributed by atoms with van der Waals surface area (Å²) in [5.41, 5.74) is 3.17. The lowest BCUT2D eigenvalue weighted by Crippen LogP contribution is -2.01. The Bertz CT molecular complexity index is 166. The van der Waals surface area contributed by atoms with Gasteiger partial charge in [0.1, 0.15) is 0 Å². The van der Waals surface area contributed by atoms with Crippen molar-refractivity contribution in [1.29, 1.82) is 0 Å². The highest BCUT2D eigenvalue weighted by Gasteiger charge is 2.00. The molecule has 0 aliphatic carbocycles. The van der Waals surface area contributed by atoms with Gasteiger partial charge in [0.15, 0.2) is 0 Å². The maximum Gasteiger partial charge on any atom is 0.0499 e. The van der Waals surface area contributed by atoms with Crippen LogP contribution in [0.15, 0.2) is 17.9 Å². The van der Waals surface area contributed by atoms with E-state index in [2.05, 4.69) is 25.7 Å². The lowest BCUT2D eigenvalue weighted by Gasteiger charge is -2.05. The average Bonchev–Trinajstić information content (AvgIpc) is 2.22. The Kier molecular flexibility index (Phi) is 10.2. The third kappa shape index (κ3) is 8.10. The van der Waals surface area contributed by atoms with Gasteiger partial charge in [0, 0.05) is 12.5 Å². The fourth-order valence-corrected chi connectivity index (χ4v) is 1.29. The monoisotopic (exact) mass is 196 g/mol. The van der Waals surface area contributed by atoms with Crippen molar-refractivity contribution in [1.82, 2.24) is 0 Å². The van der Waals surface area contributed by atoms with Crippen molar-refractivity contribution in [3.8, 4) is 0 Å². The Balaban J connectivity index is 3.72. The standard InChI is InChI=1S/C13H24O/c1-3-5-7-8-9-11-13(12-14)10-6-4-2/h8,11,13-14H,3-7,10,12H2,1-2H3. The van der Waals surface area contributed by atoms with Crippen LogP contribution in [0.5, 0.6) is 0 Å². The van der Waals surface area contributed by atoms with Gasteiger partial charge in [-0.3, -0.25) is 0 Å². The first-order valence-corrected chi connectivity index (χ1v) is 5.87. The van der Waals surface area contributed by atoms with Crippen molar-refractivity contribution in [2.45, 2.75) is 52.4 Å². The molecule has 0 fully saturated rings. The number of rotatable bonds is 8. The smallest absolute Gasteiger partial charge is 0.0499 e. The van der Waals surface area contributed by atoms with Crippen LogP contribution in [0.3, 0.4) is 0 Å². The fourth-order valence-electron chi connectivity index (χ4n) is 1.29. The molecule has 1 N–H and O–H groups in total. The van der Waals surface area contributed by atoms with E-state index in [-0.39, 0.29) is 6.61 Å². The molecule has 0 spiro atoms. The summed E-state index contributed by atoms with van der Waals surface area (Å²) in [6.45, 7) is 4.62. The third-order valence-corrected chi connectivity index (χ3v) is 2.31. The molecule has 0 saturated heterocycles. The van der Waals surface area contributed by atoms with E-state index in [1.165, 1.54) is 25.7 Å². The molecule has 0 radical (unpaired) electrons. The molecule has 0 aliphatic rings. The van der Waals surface area contributed by atoms with E-state index in [0.29, 0.717) is 5.92 Å². The van der Waals surface area contributed by atoms with E-state index in [9.17, 15) is 0 Å². The van der Waals surface area contributed by atoms with Crippen molar-refractivity contribution in [2.24, 2.45) is 5.92 Å². The molecule has 82 valence electrons. The minimum atomic E-state index is 0.259. The highest BCUT2D eigenvalue weighted by Crippen LogP contribution is 2.08. The first kappa shape index (κ1) is 13.5. The molecule has 14 heavy (non-hydrogen) atoms. The van der Waals surface area contributed by atoms with Gasteiger partial charge in [-0.15, -0.1) is 5.73 Å². The number of hydrogen-bond acceptors (Lipinski definition) is 1. The van der Waals surface area contributed by atoms with Gasteiger partial charge >= 0.3 is 0 Å². The van der Waals surface area contributed by atoms with Gasteiger partial charge in [-0.25, -0.2) is 0 Å². The zero-order chi connectivity index (χ0) is 10.6. The van der Waals surface area contributed by atoms with Crippen LogP contribution < -0.4 is 0 Å².